The fraction of sp³-hybridized carbons (Fsp3) is 0.375. The molecule has 30 heavy (non-hydrogen) atoms. The largest absolute Gasteiger partial charge is 0.454 e. The lowest BCUT2D eigenvalue weighted by molar-refractivity contribution is -0.154. The number of carbonyl (C=O) groups is 3. The number of rotatable bonds is 6. The van der Waals surface area contributed by atoms with E-state index in [1.165, 1.54) is 0 Å². The molecule has 1 saturated heterocycles. The third-order valence-corrected chi connectivity index (χ3v) is 5.49. The van der Waals surface area contributed by atoms with Gasteiger partial charge in [0.2, 0.25) is 0 Å². The second-order valence-corrected chi connectivity index (χ2v) is 7.72. The maximum Gasteiger partial charge on any atom is 0.325 e. The number of ether oxygens (including phenoxy) is 1. The molecule has 0 radical (unpaired) electrons. The van der Waals surface area contributed by atoms with Crippen LogP contribution < -0.4 is 5.32 Å². The summed E-state index contributed by atoms with van der Waals surface area (Å²) in [6.45, 7) is 3.45. The summed E-state index contributed by atoms with van der Waals surface area (Å²) >= 11 is 0. The van der Waals surface area contributed by atoms with E-state index in [-0.39, 0.29) is 37.0 Å². The lowest BCUT2D eigenvalue weighted by Gasteiger charge is -2.38. The van der Waals surface area contributed by atoms with Gasteiger partial charge in [-0.2, -0.15) is 0 Å². The highest BCUT2D eigenvalue weighted by Crippen LogP contribution is 2.22. The first-order valence-electron chi connectivity index (χ1n) is 10.4. The Bertz CT molecular complexity index is 870. The lowest BCUT2D eigenvalue weighted by atomic mass is 9.97. The summed E-state index contributed by atoms with van der Waals surface area (Å²) in [7, 11) is 0. The maximum atomic E-state index is 12.4. The highest BCUT2D eigenvalue weighted by atomic mass is 16.5. The predicted octanol–water partition coefficient (Wildman–Crippen LogP) is 3.42. The molecule has 2 aromatic carbocycles. The second kappa shape index (κ2) is 10.1. The van der Waals surface area contributed by atoms with E-state index in [2.05, 4.69) is 5.32 Å². The molecule has 1 aliphatic rings. The fourth-order valence-corrected chi connectivity index (χ4v) is 3.88. The van der Waals surface area contributed by atoms with Crippen LogP contribution in [0.5, 0.6) is 0 Å². The van der Waals surface area contributed by atoms with Crippen LogP contribution in [0.1, 0.15) is 43.5 Å². The van der Waals surface area contributed by atoms with E-state index < -0.39 is 5.97 Å². The maximum absolute atomic E-state index is 12.4. The smallest absolute Gasteiger partial charge is 0.325 e. The van der Waals surface area contributed by atoms with Gasteiger partial charge >= 0.3 is 5.97 Å². The number of benzene rings is 2. The van der Waals surface area contributed by atoms with Crippen LogP contribution in [0.25, 0.3) is 11.1 Å². The van der Waals surface area contributed by atoms with E-state index in [1.54, 1.807) is 17.0 Å². The van der Waals surface area contributed by atoms with Gasteiger partial charge in [-0.15, -0.1) is 0 Å². The molecule has 0 aromatic heterocycles. The minimum absolute atomic E-state index is 0.151. The molecule has 1 N–H and O–H groups in total. The standard InChI is InChI=1S/C24H28N2O4/c1-17-7-6-8-18(2)26(17)22(27)16-30-23(28)15-25-24(29)21-13-11-20(12-14-21)19-9-4-3-5-10-19/h3-5,9-14,17-18H,6-8,15-16H2,1-2H3,(H,25,29)/t17-,18+. The van der Waals surface area contributed by atoms with E-state index in [1.807, 2.05) is 56.3 Å². The van der Waals surface area contributed by atoms with Crippen molar-refractivity contribution in [2.75, 3.05) is 13.2 Å². The van der Waals surface area contributed by atoms with E-state index >= 15 is 0 Å². The van der Waals surface area contributed by atoms with Gasteiger partial charge in [-0.3, -0.25) is 14.4 Å². The van der Waals surface area contributed by atoms with Gasteiger partial charge < -0.3 is 15.0 Å². The Hall–Kier alpha value is -3.15. The minimum Gasteiger partial charge on any atom is -0.454 e. The number of hydrogen-bond acceptors (Lipinski definition) is 4. The van der Waals surface area contributed by atoms with Gasteiger partial charge in [0.15, 0.2) is 6.61 Å². The molecule has 0 unspecified atom stereocenters. The van der Waals surface area contributed by atoms with Crippen molar-refractivity contribution in [3.05, 3.63) is 60.2 Å². The monoisotopic (exact) mass is 408 g/mol. The van der Waals surface area contributed by atoms with Crippen molar-refractivity contribution in [1.82, 2.24) is 10.2 Å². The van der Waals surface area contributed by atoms with E-state index in [9.17, 15) is 14.4 Å². The summed E-state index contributed by atoms with van der Waals surface area (Å²) in [4.78, 5) is 38.4. The number of hydrogen-bond donors (Lipinski definition) is 1. The Kier molecular flexibility index (Phi) is 7.22. The van der Waals surface area contributed by atoms with E-state index in [0.29, 0.717) is 5.56 Å². The molecular weight excluding hydrogens is 380 g/mol. The van der Waals surface area contributed by atoms with Crippen molar-refractivity contribution in [1.29, 1.82) is 0 Å². The average molecular weight is 408 g/mol. The topological polar surface area (TPSA) is 75.7 Å². The van der Waals surface area contributed by atoms with Crippen LogP contribution in [0.4, 0.5) is 0 Å². The third kappa shape index (κ3) is 5.47. The van der Waals surface area contributed by atoms with Gasteiger partial charge in [0, 0.05) is 17.6 Å². The average Bonchev–Trinajstić information content (AvgIpc) is 2.76. The highest BCUT2D eigenvalue weighted by molar-refractivity contribution is 5.96. The first-order chi connectivity index (χ1) is 14.5. The first-order valence-corrected chi connectivity index (χ1v) is 10.4. The van der Waals surface area contributed by atoms with Gasteiger partial charge in [0.1, 0.15) is 6.54 Å². The summed E-state index contributed by atoms with van der Waals surface area (Å²) in [5.74, 6) is -1.18. The van der Waals surface area contributed by atoms with Crippen LogP contribution >= 0.6 is 0 Å². The van der Waals surface area contributed by atoms with Crippen LogP contribution in [0.2, 0.25) is 0 Å². The number of nitrogens with zero attached hydrogens (tertiary/aromatic N) is 1. The van der Waals surface area contributed by atoms with Crippen molar-refractivity contribution < 1.29 is 19.1 Å². The normalized spacial score (nSPS) is 18.5. The number of likely N-dealkylation sites (tertiary alicyclic amines) is 1. The van der Waals surface area contributed by atoms with Crippen LogP contribution in [0.3, 0.4) is 0 Å². The zero-order chi connectivity index (χ0) is 21.5. The van der Waals surface area contributed by atoms with Crippen molar-refractivity contribution in [3.63, 3.8) is 0 Å². The molecular formula is C24H28N2O4. The predicted molar refractivity (Wildman–Crippen MR) is 115 cm³/mol. The Morgan fingerprint density at radius 1 is 0.933 bits per heavy atom. The van der Waals surface area contributed by atoms with Gasteiger partial charge in [0.25, 0.3) is 11.8 Å². The molecule has 1 fully saturated rings. The molecule has 0 saturated carbocycles. The van der Waals surface area contributed by atoms with Gasteiger partial charge in [-0.05, 0) is 56.4 Å². The summed E-state index contributed by atoms with van der Waals surface area (Å²) in [6, 6.07) is 17.3. The molecule has 6 heteroatoms. The minimum atomic E-state index is -0.630. The summed E-state index contributed by atoms with van der Waals surface area (Å²) < 4.78 is 5.07. The van der Waals surface area contributed by atoms with Crippen molar-refractivity contribution >= 4 is 17.8 Å². The zero-order valence-corrected chi connectivity index (χ0v) is 17.5. The number of piperidine rings is 1. The van der Waals surface area contributed by atoms with E-state index in [0.717, 1.165) is 30.4 Å². The van der Waals surface area contributed by atoms with Crippen molar-refractivity contribution in [3.8, 4) is 11.1 Å². The number of carbonyl (C=O) groups excluding carboxylic acids is 3. The molecule has 1 aliphatic heterocycles. The quantitative estimate of drug-likeness (QED) is 0.743. The number of amides is 2. The molecule has 0 aliphatic carbocycles. The van der Waals surface area contributed by atoms with Crippen LogP contribution in [-0.4, -0.2) is 47.9 Å². The lowest BCUT2D eigenvalue weighted by Crippen LogP contribution is -2.49. The van der Waals surface area contributed by atoms with Gasteiger partial charge in [-0.1, -0.05) is 42.5 Å². The highest BCUT2D eigenvalue weighted by Gasteiger charge is 2.29. The number of esters is 1. The molecule has 158 valence electrons. The fourth-order valence-electron chi connectivity index (χ4n) is 3.88. The van der Waals surface area contributed by atoms with E-state index in [4.69, 9.17) is 4.74 Å². The van der Waals surface area contributed by atoms with Crippen molar-refractivity contribution in [2.24, 2.45) is 0 Å². The van der Waals surface area contributed by atoms with Gasteiger partial charge in [0.05, 0.1) is 0 Å². The molecule has 1 heterocycles. The summed E-state index contributed by atoms with van der Waals surface area (Å²) in [6.07, 6.45) is 3.02. The van der Waals surface area contributed by atoms with Crippen molar-refractivity contribution in [2.45, 2.75) is 45.2 Å². The Morgan fingerprint density at radius 2 is 1.53 bits per heavy atom. The molecule has 6 nitrogen and oxygen atoms in total. The molecule has 0 bridgehead atoms. The van der Waals surface area contributed by atoms with Gasteiger partial charge in [-0.25, -0.2) is 0 Å². The number of nitrogens with one attached hydrogen (secondary N) is 1. The van der Waals surface area contributed by atoms with Crippen LogP contribution in [0.15, 0.2) is 54.6 Å². The zero-order valence-electron chi connectivity index (χ0n) is 17.5. The Morgan fingerprint density at radius 3 is 2.17 bits per heavy atom. The SMILES string of the molecule is C[C@@H]1CCC[C@H](C)N1C(=O)COC(=O)CNC(=O)c1ccc(-c2ccccc2)cc1. The molecule has 2 aromatic rings. The molecule has 2 atom stereocenters. The van der Waals surface area contributed by atoms with Crippen LogP contribution in [0, 0.1) is 0 Å². The summed E-state index contributed by atoms with van der Waals surface area (Å²) in [5, 5.41) is 2.54. The Labute approximate surface area is 177 Å². The molecule has 2 amide bonds. The molecule has 3 rings (SSSR count). The Balaban J connectivity index is 1.45. The third-order valence-electron chi connectivity index (χ3n) is 5.49. The first kappa shape index (κ1) is 21.6. The summed E-state index contributed by atoms with van der Waals surface area (Å²) in [5.41, 5.74) is 2.52. The molecule has 0 spiro atoms. The van der Waals surface area contributed by atoms with Crippen LogP contribution in [-0.2, 0) is 14.3 Å². The second-order valence-electron chi connectivity index (χ2n) is 7.72.